The maximum absolute atomic E-state index is 13.3. The van der Waals surface area contributed by atoms with E-state index in [1.54, 1.807) is 6.07 Å². The van der Waals surface area contributed by atoms with E-state index in [0.29, 0.717) is 24.7 Å². The first-order chi connectivity index (χ1) is 8.61. The fourth-order valence-corrected chi connectivity index (χ4v) is 1.46. The van der Waals surface area contributed by atoms with Gasteiger partial charge < -0.3 is 9.84 Å². The summed E-state index contributed by atoms with van der Waals surface area (Å²) in [5.74, 6) is 5.46. The van der Waals surface area contributed by atoms with Crippen molar-refractivity contribution in [2.75, 3.05) is 13.2 Å². The zero-order valence-electron chi connectivity index (χ0n) is 10.9. The highest BCUT2D eigenvalue weighted by atomic mass is 19.1. The van der Waals surface area contributed by atoms with E-state index in [2.05, 4.69) is 25.7 Å². The normalized spacial score (nSPS) is 10.3. The van der Waals surface area contributed by atoms with Crippen LogP contribution >= 0.6 is 0 Å². The van der Waals surface area contributed by atoms with E-state index in [1.807, 2.05) is 0 Å². The van der Waals surface area contributed by atoms with E-state index in [4.69, 9.17) is 9.84 Å². The van der Waals surface area contributed by atoms with E-state index in [-0.39, 0.29) is 12.4 Å². The Morgan fingerprint density at radius 2 is 2.11 bits per heavy atom. The first kappa shape index (κ1) is 14.7. The summed E-state index contributed by atoms with van der Waals surface area (Å²) in [6.07, 6.45) is 0.993. The van der Waals surface area contributed by atoms with Gasteiger partial charge in [-0.3, -0.25) is 0 Å². The number of ether oxygens (including phenoxy) is 1. The number of benzene rings is 1. The molecule has 0 unspecified atom stereocenters. The van der Waals surface area contributed by atoms with Crippen LogP contribution in [0.25, 0.3) is 0 Å². The van der Waals surface area contributed by atoms with Gasteiger partial charge in [0, 0.05) is 12.2 Å². The molecule has 0 amide bonds. The lowest BCUT2D eigenvalue weighted by Crippen LogP contribution is -2.00. The molecule has 0 atom stereocenters. The molecule has 0 spiro atoms. The standard InChI is InChI=1S/C15H19FO2/c1-12(2)5-7-18-11-14-8-13(4-3-6-17)9-15(16)10-14/h8-10,12,17H,5-7,11H2,1-2H3. The second kappa shape index (κ2) is 7.86. The summed E-state index contributed by atoms with van der Waals surface area (Å²) in [6, 6.07) is 4.57. The average molecular weight is 250 g/mol. The monoisotopic (exact) mass is 250 g/mol. The number of hydrogen-bond acceptors (Lipinski definition) is 2. The number of aliphatic hydroxyl groups is 1. The fourth-order valence-electron chi connectivity index (χ4n) is 1.46. The van der Waals surface area contributed by atoms with Crippen LogP contribution in [-0.2, 0) is 11.3 Å². The molecule has 1 aromatic rings. The predicted octanol–water partition coefficient (Wildman–Crippen LogP) is 2.73. The molecular formula is C15H19FO2. The third-order valence-corrected chi connectivity index (χ3v) is 2.38. The summed E-state index contributed by atoms with van der Waals surface area (Å²) < 4.78 is 18.8. The molecule has 2 nitrogen and oxygen atoms in total. The Bertz CT molecular complexity index is 430. The fraction of sp³-hybridized carbons (Fsp3) is 0.467. The number of rotatable bonds is 5. The lowest BCUT2D eigenvalue weighted by atomic mass is 10.1. The molecule has 0 aromatic heterocycles. The molecule has 0 radical (unpaired) electrons. The van der Waals surface area contributed by atoms with Crippen molar-refractivity contribution >= 4 is 0 Å². The lowest BCUT2D eigenvalue weighted by molar-refractivity contribution is 0.110. The minimum absolute atomic E-state index is 0.225. The van der Waals surface area contributed by atoms with Gasteiger partial charge in [0.15, 0.2) is 0 Å². The zero-order chi connectivity index (χ0) is 13.4. The van der Waals surface area contributed by atoms with Crippen LogP contribution in [0.5, 0.6) is 0 Å². The van der Waals surface area contributed by atoms with Crippen molar-refractivity contribution in [2.24, 2.45) is 5.92 Å². The Morgan fingerprint density at radius 1 is 1.33 bits per heavy atom. The molecule has 0 bridgehead atoms. The van der Waals surface area contributed by atoms with E-state index in [9.17, 15) is 4.39 Å². The van der Waals surface area contributed by atoms with Gasteiger partial charge in [0.05, 0.1) is 6.61 Å². The quantitative estimate of drug-likeness (QED) is 0.643. The van der Waals surface area contributed by atoms with E-state index < -0.39 is 0 Å². The van der Waals surface area contributed by atoms with Gasteiger partial charge >= 0.3 is 0 Å². The second-order valence-corrected chi connectivity index (χ2v) is 4.54. The molecule has 0 aliphatic heterocycles. The van der Waals surface area contributed by atoms with Gasteiger partial charge in [-0.2, -0.15) is 0 Å². The van der Waals surface area contributed by atoms with Crippen LogP contribution in [0.15, 0.2) is 18.2 Å². The van der Waals surface area contributed by atoms with Crippen molar-refractivity contribution in [1.82, 2.24) is 0 Å². The molecule has 0 heterocycles. The third-order valence-electron chi connectivity index (χ3n) is 2.38. The van der Waals surface area contributed by atoms with Crippen LogP contribution in [0.3, 0.4) is 0 Å². The van der Waals surface area contributed by atoms with Crippen LogP contribution in [0, 0.1) is 23.6 Å². The number of halogens is 1. The molecular weight excluding hydrogens is 231 g/mol. The number of aliphatic hydroxyl groups excluding tert-OH is 1. The van der Waals surface area contributed by atoms with Crippen LogP contribution < -0.4 is 0 Å². The SMILES string of the molecule is CC(C)CCOCc1cc(F)cc(C#CCO)c1. The van der Waals surface area contributed by atoms with Gasteiger partial charge in [-0.1, -0.05) is 25.7 Å². The van der Waals surface area contributed by atoms with Crippen molar-refractivity contribution in [3.8, 4) is 11.8 Å². The highest BCUT2D eigenvalue weighted by Crippen LogP contribution is 2.10. The Morgan fingerprint density at radius 3 is 2.78 bits per heavy atom. The third kappa shape index (κ3) is 5.81. The molecule has 18 heavy (non-hydrogen) atoms. The Balaban J connectivity index is 2.57. The first-order valence-electron chi connectivity index (χ1n) is 6.08. The van der Waals surface area contributed by atoms with Gasteiger partial charge in [-0.25, -0.2) is 4.39 Å². The van der Waals surface area contributed by atoms with Crippen molar-refractivity contribution < 1.29 is 14.2 Å². The topological polar surface area (TPSA) is 29.5 Å². The molecule has 0 saturated heterocycles. The molecule has 3 heteroatoms. The van der Waals surface area contributed by atoms with Crippen molar-refractivity contribution in [1.29, 1.82) is 0 Å². The highest BCUT2D eigenvalue weighted by Gasteiger charge is 2.00. The van der Waals surface area contributed by atoms with E-state index in [0.717, 1.165) is 12.0 Å². The van der Waals surface area contributed by atoms with Crippen molar-refractivity contribution in [2.45, 2.75) is 26.9 Å². The van der Waals surface area contributed by atoms with Crippen molar-refractivity contribution in [3.05, 3.63) is 35.1 Å². The summed E-state index contributed by atoms with van der Waals surface area (Å²) in [7, 11) is 0. The molecule has 1 rings (SSSR count). The second-order valence-electron chi connectivity index (χ2n) is 4.54. The Kier molecular flexibility index (Phi) is 6.42. The summed E-state index contributed by atoms with van der Waals surface area (Å²) in [5.41, 5.74) is 1.33. The van der Waals surface area contributed by atoms with Gasteiger partial charge in [0.2, 0.25) is 0 Å². The molecule has 1 aromatic carbocycles. The molecule has 0 saturated carbocycles. The van der Waals surface area contributed by atoms with E-state index in [1.165, 1.54) is 12.1 Å². The van der Waals surface area contributed by atoms with E-state index >= 15 is 0 Å². The summed E-state index contributed by atoms with van der Waals surface area (Å²) in [5, 5.41) is 8.60. The predicted molar refractivity (Wildman–Crippen MR) is 69.5 cm³/mol. The summed E-state index contributed by atoms with van der Waals surface area (Å²) in [6.45, 7) is 5.10. The van der Waals surface area contributed by atoms with Crippen LogP contribution in [0.4, 0.5) is 4.39 Å². The first-order valence-corrected chi connectivity index (χ1v) is 6.08. The van der Waals surface area contributed by atoms with Gasteiger partial charge in [-0.05, 0) is 36.1 Å². The molecule has 1 N–H and O–H groups in total. The van der Waals surface area contributed by atoms with Crippen LogP contribution in [0.2, 0.25) is 0 Å². The molecule has 0 fully saturated rings. The molecule has 0 aliphatic carbocycles. The lowest BCUT2D eigenvalue weighted by Gasteiger charge is -2.07. The minimum atomic E-state index is -0.331. The van der Waals surface area contributed by atoms with Crippen LogP contribution in [0.1, 0.15) is 31.4 Å². The Labute approximate surface area is 108 Å². The van der Waals surface area contributed by atoms with Crippen LogP contribution in [-0.4, -0.2) is 18.3 Å². The largest absolute Gasteiger partial charge is 0.384 e. The van der Waals surface area contributed by atoms with Crippen molar-refractivity contribution in [3.63, 3.8) is 0 Å². The van der Waals surface area contributed by atoms with Gasteiger partial charge in [-0.15, -0.1) is 0 Å². The maximum Gasteiger partial charge on any atom is 0.124 e. The van der Waals surface area contributed by atoms with Gasteiger partial charge in [0.1, 0.15) is 12.4 Å². The zero-order valence-corrected chi connectivity index (χ0v) is 10.9. The average Bonchev–Trinajstić information content (AvgIpc) is 2.31. The molecule has 0 aliphatic rings. The minimum Gasteiger partial charge on any atom is -0.384 e. The molecule has 98 valence electrons. The smallest absolute Gasteiger partial charge is 0.124 e. The van der Waals surface area contributed by atoms with Gasteiger partial charge in [0.25, 0.3) is 0 Å². The number of hydrogen-bond donors (Lipinski definition) is 1. The summed E-state index contributed by atoms with van der Waals surface area (Å²) >= 11 is 0. The summed E-state index contributed by atoms with van der Waals surface area (Å²) in [4.78, 5) is 0. The maximum atomic E-state index is 13.3. The highest BCUT2D eigenvalue weighted by molar-refractivity contribution is 5.37. The Hall–Kier alpha value is -1.37.